The smallest absolute Gasteiger partial charge is 0.237 e. The van der Waals surface area contributed by atoms with Crippen LogP contribution < -0.4 is 5.73 Å². The second-order valence-electron chi connectivity index (χ2n) is 8.11. The molecule has 0 aromatic heterocycles. The van der Waals surface area contributed by atoms with Crippen molar-refractivity contribution in [1.29, 1.82) is 0 Å². The van der Waals surface area contributed by atoms with E-state index in [1.165, 1.54) is 0 Å². The zero-order chi connectivity index (χ0) is 18.2. The molecule has 3 saturated heterocycles. The average molecular weight is 373 g/mol. The van der Waals surface area contributed by atoms with Crippen molar-refractivity contribution in [3.05, 3.63) is 0 Å². The summed E-state index contributed by atoms with van der Waals surface area (Å²) < 4.78 is 26.9. The first-order valence-electron chi connectivity index (χ1n) is 9.47. The third-order valence-electron chi connectivity index (χ3n) is 6.52. The first-order chi connectivity index (χ1) is 11.8. The van der Waals surface area contributed by atoms with Crippen LogP contribution in [0.1, 0.15) is 44.9 Å². The van der Waals surface area contributed by atoms with Gasteiger partial charge in [-0.3, -0.25) is 9.69 Å². The summed E-state index contributed by atoms with van der Waals surface area (Å²) in [6.07, 6.45) is 6.26. The molecule has 3 rings (SSSR count). The van der Waals surface area contributed by atoms with Crippen molar-refractivity contribution < 1.29 is 13.2 Å². The van der Waals surface area contributed by atoms with Crippen LogP contribution in [0.3, 0.4) is 0 Å². The highest BCUT2D eigenvalue weighted by atomic mass is 32.2. The number of fused-ring (bicyclic) bond motifs is 2. The fourth-order valence-corrected chi connectivity index (χ4v) is 6.50. The minimum Gasteiger partial charge on any atom is -0.368 e. The van der Waals surface area contributed by atoms with Crippen molar-refractivity contribution in [2.75, 3.05) is 39.5 Å². The van der Waals surface area contributed by atoms with Gasteiger partial charge in [-0.1, -0.05) is 0 Å². The normalized spacial score (nSPS) is 34.0. The predicted molar refractivity (Wildman–Crippen MR) is 97.6 cm³/mol. The van der Waals surface area contributed by atoms with Gasteiger partial charge in [0.1, 0.15) is 5.54 Å². The number of carbonyl (C=O) groups excluding carboxylic acids is 1. The molecule has 3 fully saturated rings. The Morgan fingerprint density at radius 1 is 1.24 bits per heavy atom. The number of hydrogen-bond donors (Lipinski definition) is 1. The van der Waals surface area contributed by atoms with Crippen LogP contribution in [-0.2, 0) is 14.8 Å². The van der Waals surface area contributed by atoms with E-state index in [1.807, 2.05) is 14.1 Å². The largest absolute Gasteiger partial charge is 0.368 e. The molecule has 3 atom stereocenters. The second-order valence-corrected chi connectivity index (χ2v) is 10.2. The maximum absolute atomic E-state index is 12.6. The Labute approximate surface area is 151 Å². The number of piperidine rings is 1. The molecule has 144 valence electrons. The predicted octanol–water partition coefficient (Wildman–Crippen LogP) is 0.215. The fraction of sp³-hybridized carbons (Fsp3) is 0.941. The lowest BCUT2D eigenvalue weighted by atomic mass is 9.87. The molecule has 2 bridgehead atoms. The monoisotopic (exact) mass is 372 g/mol. The molecule has 1 amide bonds. The average Bonchev–Trinajstić information content (AvgIpc) is 3.10. The van der Waals surface area contributed by atoms with Crippen molar-refractivity contribution in [1.82, 2.24) is 14.1 Å². The van der Waals surface area contributed by atoms with E-state index in [0.717, 1.165) is 38.5 Å². The number of amides is 1. The molecule has 3 heterocycles. The Balaban J connectivity index is 1.56. The lowest BCUT2D eigenvalue weighted by Crippen LogP contribution is -2.58. The van der Waals surface area contributed by atoms with Gasteiger partial charge in [0.15, 0.2) is 0 Å². The molecule has 0 radical (unpaired) electrons. The van der Waals surface area contributed by atoms with Gasteiger partial charge in [-0.05, 0) is 59.0 Å². The Hall–Kier alpha value is -0.700. The van der Waals surface area contributed by atoms with Gasteiger partial charge in [-0.25, -0.2) is 12.7 Å². The van der Waals surface area contributed by atoms with Gasteiger partial charge in [0.25, 0.3) is 0 Å². The topological polar surface area (TPSA) is 87.0 Å². The summed E-state index contributed by atoms with van der Waals surface area (Å²) in [4.78, 5) is 16.4. The molecule has 0 saturated carbocycles. The van der Waals surface area contributed by atoms with Gasteiger partial charge < -0.3 is 10.6 Å². The lowest BCUT2D eigenvalue weighted by molar-refractivity contribution is -0.131. The summed E-state index contributed by atoms with van der Waals surface area (Å²) in [5.74, 6) is -0.0727. The highest BCUT2D eigenvalue weighted by molar-refractivity contribution is 7.89. The molecule has 25 heavy (non-hydrogen) atoms. The molecule has 0 aliphatic carbocycles. The minimum absolute atomic E-state index is 0.158. The van der Waals surface area contributed by atoms with E-state index in [-0.39, 0.29) is 11.7 Å². The van der Waals surface area contributed by atoms with Crippen LogP contribution in [0.15, 0.2) is 0 Å². The molecule has 7 nitrogen and oxygen atoms in total. The minimum atomic E-state index is -3.22. The maximum Gasteiger partial charge on any atom is 0.237 e. The van der Waals surface area contributed by atoms with Crippen LogP contribution in [0.2, 0.25) is 0 Å². The summed E-state index contributed by atoms with van der Waals surface area (Å²) in [7, 11) is 0.774. The number of nitrogens with zero attached hydrogens (tertiary/aromatic N) is 3. The number of carbonyl (C=O) groups is 1. The van der Waals surface area contributed by atoms with E-state index < -0.39 is 15.6 Å². The number of sulfonamides is 1. The van der Waals surface area contributed by atoms with Crippen LogP contribution in [0.25, 0.3) is 0 Å². The van der Waals surface area contributed by atoms with Crippen LogP contribution in [-0.4, -0.2) is 85.5 Å². The van der Waals surface area contributed by atoms with Crippen molar-refractivity contribution in [3.8, 4) is 0 Å². The standard InChI is InChI=1S/C17H32N4O3S/c1-19(2)15-7-11-20(13-15)25(23,24)12-4-10-21-14-5-3-8-17(21,9-6-14)16(18)22/h14-15H,3-13H2,1-2H3,(H2,18,22)/t14-,15?,17+/m1/s1. The Bertz CT molecular complexity index is 605. The Kier molecular flexibility index (Phi) is 5.44. The fourth-order valence-electron chi connectivity index (χ4n) is 4.97. The summed E-state index contributed by atoms with van der Waals surface area (Å²) in [5.41, 5.74) is 5.20. The van der Waals surface area contributed by atoms with E-state index in [4.69, 9.17) is 5.73 Å². The third kappa shape index (κ3) is 3.59. The van der Waals surface area contributed by atoms with Gasteiger partial charge in [0, 0.05) is 31.7 Å². The molecule has 0 spiro atoms. The first kappa shape index (κ1) is 19.1. The molecule has 0 aromatic carbocycles. The third-order valence-corrected chi connectivity index (χ3v) is 8.44. The Morgan fingerprint density at radius 2 is 2.00 bits per heavy atom. The van der Waals surface area contributed by atoms with E-state index in [1.54, 1.807) is 4.31 Å². The van der Waals surface area contributed by atoms with Crippen molar-refractivity contribution >= 4 is 15.9 Å². The highest BCUT2D eigenvalue weighted by Crippen LogP contribution is 2.44. The van der Waals surface area contributed by atoms with E-state index in [9.17, 15) is 13.2 Å². The highest BCUT2D eigenvalue weighted by Gasteiger charge is 2.52. The number of likely N-dealkylation sites (N-methyl/N-ethyl adjacent to an activating group) is 1. The maximum atomic E-state index is 12.6. The molecular formula is C17H32N4O3S. The van der Waals surface area contributed by atoms with Gasteiger partial charge in [-0.15, -0.1) is 0 Å². The molecule has 1 unspecified atom stereocenters. The summed E-state index contributed by atoms with van der Waals surface area (Å²) in [6.45, 7) is 1.85. The van der Waals surface area contributed by atoms with Gasteiger partial charge in [0.05, 0.1) is 5.75 Å². The molecule has 0 aromatic rings. The summed E-state index contributed by atoms with van der Waals surface area (Å²) in [5, 5.41) is 0. The zero-order valence-electron chi connectivity index (χ0n) is 15.5. The van der Waals surface area contributed by atoms with Crippen LogP contribution in [0.4, 0.5) is 0 Å². The molecule has 2 N–H and O–H groups in total. The molecular weight excluding hydrogens is 340 g/mol. The van der Waals surface area contributed by atoms with Gasteiger partial charge >= 0.3 is 0 Å². The van der Waals surface area contributed by atoms with Gasteiger partial charge in [0.2, 0.25) is 15.9 Å². The molecule has 8 heteroatoms. The number of hydrogen-bond acceptors (Lipinski definition) is 5. The van der Waals surface area contributed by atoms with Crippen molar-refractivity contribution in [2.45, 2.75) is 62.6 Å². The van der Waals surface area contributed by atoms with E-state index in [0.29, 0.717) is 38.1 Å². The number of primary amides is 1. The number of rotatable bonds is 7. The molecule has 3 aliphatic rings. The van der Waals surface area contributed by atoms with Crippen LogP contribution in [0.5, 0.6) is 0 Å². The molecule has 3 aliphatic heterocycles. The lowest BCUT2D eigenvalue weighted by Gasteiger charge is -2.42. The van der Waals surface area contributed by atoms with Crippen LogP contribution in [0, 0.1) is 0 Å². The zero-order valence-corrected chi connectivity index (χ0v) is 16.3. The van der Waals surface area contributed by atoms with Gasteiger partial charge in [-0.2, -0.15) is 0 Å². The van der Waals surface area contributed by atoms with Crippen LogP contribution >= 0.6 is 0 Å². The number of nitrogens with two attached hydrogens (primary N) is 1. The van der Waals surface area contributed by atoms with E-state index in [2.05, 4.69) is 9.80 Å². The summed E-state index contributed by atoms with van der Waals surface area (Å²) in [6, 6.07) is 0.708. The van der Waals surface area contributed by atoms with Crippen molar-refractivity contribution in [3.63, 3.8) is 0 Å². The van der Waals surface area contributed by atoms with Crippen molar-refractivity contribution in [2.24, 2.45) is 5.73 Å². The van der Waals surface area contributed by atoms with E-state index >= 15 is 0 Å². The quantitative estimate of drug-likeness (QED) is 0.691. The first-order valence-corrected chi connectivity index (χ1v) is 11.1. The Morgan fingerprint density at radius 3 is 2.64 bits per heavy atom. The second kappa shape index (κ2) is 7.13. The summed E-state index contributed by atoms with van der Waals surface area (Å²) >= 11 is 0. The SMILES string of the molecule is CN(C)C1CCN(S(=O)(=O)CCCN2[C@@H]3CCC[C@@]2(C(N)=O)CC3)C1.